The first-order valence-electron chi connectivity index (χ1n) is 8.43. The normalized spacial score (nSPS) is 24.5. The summed E-state index contributed by atoms with van der Waals surface area (Å²) in [4.78, 5) is 15.9. The summed E-state index contributed by atoms with van der Waals surface area (Å²) in [7, 11) is 3.55. The molecule has 2 amide bonds. The van der Waals surface area contributed by atoms with Crippen molar-refractivity contribution >= 4 is 6.03 Å². The summed E-state index contributed by atoms with van der Waals surface area (Å²) in [6.45, 7) is 3.62. The van der Waals surface area contributed by atoms with E-state index in [2.05, 4.69) is 10.2 Å². The van der Waals surface area contributed by atoms with Gasteiger partial charge in [0.2, 0.25) is 0 Å². The molecule has 0 aromatic carbocycles. The van der Waals surface area contributed by atoms with Gasteiger partial charge in [-0.25, -0.2) is 4.79 Å². The lowest BCUT2D eigenvalue weighted by Gasteiger charge is -2.46. The van der Waals surface area contributed by atoms with Gasteiger partial charge < -0.3 is 19.4 Å². The Bertz CT molecular complexity index is 507. The van der Waals surface area contributed by atoms with Gasteiger partial charge in [-0.2, -0.15) is 0 Å². The van der Waals surface area contributed by atoms with Crippen molar-refractivity contribution in [3.05, 3.63) is 24.2 Å². The van der Waals surface area contributed by atoms with E-state index >= 15 is 0 Å². The lowest BCUT2D eigenvalue weighted by molar-refractivity contribution is -0.119. The quantitative estimate of drug-likeness (QED) is 0.926. The molecule has 128 valence electrons. The van der Waals surface area contributed by atoms with Crippen molar-refractivity contribution < 1.29 is 13.9 Å². The number of furan rings is 1. The van der Waals surface area contributed by atoms with Gasteiger partial charge in [0, 0.05) is 39.8 Å². The molecule has 1 spiro atoms. The topological polar surface area (TPSA) is 58.0 Å². The number of likely N-dealkylation sites (tertiary alicyclic amines) is 1. The Hall–Kier alpha value is -1.53. The number of nitrogens with one attached hydrogen (secondary N) is 1. The van der Waals surface area contributed by atoms with E-state index in [1.807, 2.05) is 12.1 Å². The first-order valence-corrected chi connectivity index (χ1v) is 8.43. The van der Waals surface area contributed by atoms with Crippen LogP contribution >= 0.6 is 0 Å². The van der Waals surface area contributed by atoms with E-state index in [1.165, 1.54) is 0 Å². The Morgan fingerprint density at radius 1 is 1.43 bits per heavy atom. The summed E-state index contributed by atoms with van der Waals surface area (Å²) in [6.07, 6.45) is 5.58. The van der Waals surface area contributed by atoms with E-state index in [0.717, 1.165) is 57.7 Å². The summed E-state index contributed by atoms with van der Waals surface area (Å²) >= 11 is 0. The van der Waals surface area contributed by atoms with Gasteiger partial charge in [0.05, 0.1) is 18.4 Å². The Balaban J connectivity index is 1.51. The van der Waals surface area contributed by atoms with E-state index in [1.54, 1.807) is 25.3 Å². The fraction of sp³-hybridized carbons (Fsp3) is 0.706. The zero-order chi connectivity index (χ0) is 16.3. The number of ether oxygens (including phenoxy) is 1. The Labute approximate surface area is 137 Å². The van der Waals surface area contributed by atoms with Crippen LogP contribution in [0.15, 0.2) is 22.8 Å². The van der Waals surface area contributed by atoms with E-state index in [0.29, 0.717) is 0 Å². The third kappa shape index (κ3) is 4.06. The summed E-state index contributed by atoms with van der Waals surface area (Å²) in [5.41, 5.74) is -0.0673. The summed E-state index contributed by atoms with van der Waals surface area (Å²) in [5, 5.41) is 3.12. The van der Waals surface area contributed by atoms with Crippen LogP contribution in [-0.2, 0) is 11.3 Å². The molecular formula is C17H27N3O3. The van der Waals surface area contributed by atoms with Gasteiger partial charge in [0.25, 0.3) is 0 Å². The van der Waals surface area contributed by atoms with Crippen LogP contribution in [0.3, 0.4) is 0 Å². The Morgan fingerprint density at radius 2 is 2.22 bits per heavy atom. The SMILES string of the molecule is CN(C)C(=O)N[C@H]1CCOC2(CCN(Cc3ccco3)CC2)C1. The molecule has 6 heteroatoms. The standard InChI is InChI=1S/C17H27N3O3/c1-19(2)16(21)18-14-5-11-23-17(12-14)6-8-20(9-7-17)13-15-4-3-10-22-15/h3-4,10,14H,5-9,11-13H2,1-2H3,(H,18,21)/t14-/m0/s1. The molecule has 1 aromatic rings. The van der Waals surface area contributed by atoms with Crippen molar-refractivity contribution in [2.45, 2.75) is 43.9 Å². The molecule has 0 radical (unpaired) electrons. The minimum absolute atomic E-state index is 0.0118. The van der Waals surface area contributed by atoms with Gasteiger partial charge in [-0.3, -0.25) is 4.90 Å². The van der Waals surface area contributed by atoms with Crippen molar-refractivity contribution in [3.63, 3.8) is 0 Å². The molecule has 0 bridgehead atoms. The average Bonchev–Trinajstić information content (AvgIpc) is 3.03. The highest BCUT2D eigenvalue weighted by Gasteiger charge is 2.40. The molecule has 1 aromatic heterocycles. The van der Waals surface area contributed by atoms with E-state index in [4.69, 9.17) is 9.15 Å². The third-order valence-corrected chi connectivity index (χ3v) is 4.95. The highest BCUT2D eigenvalue weighted by Crippen LogP contribution is 2.35. The van der Waals surface area contributed by atoms with Crippen molar-refractivity contribution in [2.75, 3.05) is 33.8 Å². The predicted octanol–water partition coefficient (Wildman–Crippen LogP) is 2.06. The van der Waals surface area contributed by atoms with Gasteiger partial charge in [-0.15, -0.1) is 0 Å². The second-order valence-corrected chi connectivity index (χ2v) is 6.92. The summed E-state index contributed by atoms with van der Waals surface area (Å²) in [5.74, 6) is 1.02. The van der Waals surface area contributed by atoms with Crippen LogP contribution in [0.5, 0.6) is 0 Å². The van der Waals surface area contributed by atoms with E-state index in [9.17, 15) is 4.79 Å². The van der Waals surface area contributed by atoms with Crippen LogP contribution < -0.4 is 5.32 Å². The number of amides is 2. The molecule has 23 heavy (non-hydrogen) atoms. The Kier molecular flexibility index (Phi) is 4.92. The molecule has 2 fully saturated rings. The highest BCUT2D eigenvalue weighted by molar-refractivity contribution is 5.73. The second-order valence-electron chi connectivity index (χ2n) is 6.92. The second kappa shape index (κ2) is 6.93. The van der Waals surface area contributed by atoms with Crippen molar-refractivity contribution in [2.24, 2.45) is 0 Å². The molecule has 2 saturated heterocycles. The number of urea groups is 1. The van der Waals surface area contributed by atoms with Crippen LogP contribution in [0.4, 0.5) is 4.79 Å². The summed E-state index contributed by atoms with van der Waals surface area (Å²) in [6, 6.07) is 4.16. The van der Waals surface area contributed by atoms with Gasteiger partial charge >= 0.3 is 6.03 Å². The fourth-order valence-electron chi connectivity index (χ4n) is 3.54. The lowest BCUT2D eigenvalue weighted by atomic mass is 9.82. The molecule has 6 nitrogen and oxygen atoms in total. The molecule has 3 rings (SSSR count). The average molecular weight is 321 g/mol. The number of carbonyl (C=O) groups excluding carboxylic acids is 1. The molecule has 0 saturated carbocycles. The maximum atomic E-state index is 11.9. The zero-order valence-corrected chi connectivity index (χ0v) is 14.1. The van der Waals surface area contributed by atoms with Gasteiger partial charge in [-0.1, -0.05) is 0 Å². The molecule has 1 N–H and O–H groups in total. The number of hydrogen-bond donors (Lipinski definition) is 1. The molecule has 2 aliphatic rings. The van der Waals surface area contributed by atoms with Crippen molar-refractivity contribution in [1.82, 2.24) is 15.1 Å². The van der Waals surface area contributed by atoms with Crippen LogP contribution in [0.25, 0.3) is 0 Å². The fourth-order valence-corrected chi connectivity index (χ4v) is 3.54. The molecular weight excluding hydrogens is 294 g/mol. The smallest absolute Gasteiger partial charge is 0.317 e. The van der Waals surface area contributed by atoms with E-state index < -0.39 is 0 Å². The van der Waals surface area contributed by atoms with Gasteiger partial charge in [-0.05, 0) is 37.8 Å². The monoisotopic (exact) mass is 321 g/mol. The molecule has 2 aliphatic heterocycles. The van der Waals surface area contributed by atoms with Crippen LogP contribution in [0.1, 0.15) is 31.4 Å². The number of hydrogen-bond acceptors (Lipinski definition) is 4. The number of piperidine rings is 1. The van der Waals surface area contributed by atoms with Crippen LogP contribution in [0.2, 0.25) is 0 Å². The maximum absolute atomic E-state index is 11.9. The van der Waals surface area contributed by atoms with Gasteiger partial charge in [0.15, 0.2) is 0 Å². The largest absolute Gasteiger partial charge is 0.468 e. The first kappa shape index (κ1) is 16.3. The maximum Gasteiger partial charge on any atom is 0.317 e. The number of carbonyl (C=O) groups is 1. The van der Waals surface area contributed by atoms with E-state index in [-0.39, 0.29) is 17.7 Å². The molecule has 0 unspecified atom stereocenters. The van der Waals surface area contributed by atoms with Gasteiger partial charge in [0.1, 0.15) is 5.76 Å². The predicted molar refractivity (Wildman–Crippen MR) is 87.1 cm³/mol. The van der Waals surface area contributed by atoms with Crippen LogP contribution in [-0.4, -0.2) is 61.3 Å². The molecule has 0 aliphatic carbocycles. The minimum Gasteiger partial charge on any atom is -0.468 e. The number of rotatable bonds is 3. The van der Waals surface area contributed by atoms with Crippen LogP contribution in [0, 0.1) is 0 Å². The number of nitrogens with zero attached hydrogens (tertiary/aromatic N) is 2. The first-order chi connectivity index (χ1) is 11.1. The van der Waals surface area contributed by atoms with Crippen molar-refractivity contribution in [3.8, 4) is 0 Å². The molecule has 3 heterocycles. The van der Waals surface area contributed by atoms with Crippen molar-refractivity contribution in [1.29, 1.82) is 0 Å². The third-order valence-electron chi connectivity index (χ3n) is 4.95. The minimum atomic E-state index is -0.0673. The lowest BCUT2D eigenvalue weighted by Crippen LogP contribution is -2.54. The molecule has 1 atom stereocenters. The Morgan fingerprint density at radius 3 is 2.87 bits per heavy atom. The summed E-state index contributed by atoms with van der Waals surface area (Å²) < 4.78 is 11.6. The zero-order valence-electron chi connectivity index (χ0n) is 14.1. The highest BCUT2D eigenvalue weighted by atomic mass is 16.5.